The number of likely N-dealkylation sites (tertiary alicyclic amines) is 1. The van der Waals surface area contributed by atoms with Crippen LogP contribution in [0.2, 0.25) is 0 Å². The van der Waals surface area contributed by atoms with E-state index in [1.54, 1.807) is 0 Å². The summed E-state index contributed by atoms with van der Waals surface area (Å²) < 4.78 is 21.9. The van der Waals surface area contributed by atoms with Gasteiger partial charge in [-0.25, -0.2) is 4.39 Å². The van der Waals surface area contributed by atoms with Crippen molar-refractivity contribution in [2.24, 2.45) is 0 Å². The topological polar surface area (TPSA) is 17.4 Å². The predicted octanol–water partition coefficient (Wildman–Crippen LogP) is 6.65. The zero-order chi connectivity index (χ0) is 22.3. The van der Waals surface area contributed by atoms with E-state index < -0.39 is 0 Å². The first-order valence-electron chi connectivity index (χ1n) is 12.0. The van der Waals surface area contributed by atoms with Crippen LogP contribution in [0, 0.1) is 5.82 Å². The van der Waals surface area contributed by atoms with Gasteiger partial charge in [0.2, 0.25) is 0 Å². The minimum Gasteiger partial charge on any atom is -0.365 e. The van der Waals surface area contributed by atoms with Crippen molar-refractivity contribution in [3.63, 3.8) is 0 Å². The third-order valence-corrected chi connectivity index (χ3v) is 7.50. The van der Waals surface area contributed by atoms with Crippen LogP contribution in [0.4, 0.5) is 4.39 Å². The quantitative estimate of drug-likeness (QED) is 0.321. The van der Waals surface area contributed by atoms with E-state index in [2.05, 4.69) is 64.2 Å². The summed E-state index contributed by atoms with van der Waals surface area (Å²) in [5.74, 6) is -0.203. The van der Waals surface area contributed by atoms with Gasteiger partial charge in [0.1, 0.15) is 5.82 Å². The highest BCUT2D eigenvalue weighted by Gasteiger charge is 2.42. The van der Waals surface area contributed by atoms with E-state index in [-0.39, 0.29) is 23.8 Å². The Balaban J connectivity index is 0.00000241. The van der Waals surface area contributed by atoms with Crippen molar-refractivity contribution in [2.75, 3.05) is 19.6 Å². The van der Waals surface area contributed by atoms with Crippen molar-refractivity contribution >= 4 is 23.3 Å². The fourth-order valence-electron chi connectivity index (χ4n) is 5.69. The second-order valence-corrected chi connectivity index (χ2v) is 9.40. The van der Waals surface area contributed by atoms with Gasteiger partial charge in [-0.2, -0.15) is 0 Å². The third-order valence-electron chi connectivity index (χ3n) is 7.50. The molecule has 176 valence electrons. The number of aromatic nitrogens is 1. The van der Waals surface area contributed by atoms with Crippen LogP contribution in [0.5, 0.6) is 0 Å². The molecule has 1 fully saturated rings. The summed E-state index contributed by atoms with van der Waals surface area (Å²) in [5, 5.41) is 1.29. The van der Waals surface area contributed by atoms with Crippen LogP contribution in [-0.4, -0.2) is 29.1 Å². The predicted molar refractivity (Wildman–Crippen MR) is 137 cm³/mol. The Hall–Kier alpha value is -2.66. The van der Waals surface area contributed by atoms with Gasteiger partial charge in [-0.15, -0.1) is 12.4 Å². The van der Waals surface area contributed by atoms with E-state index in [4.69, 9.17) is 4.74 Å². The number of hydrogen-bond donors (Lipinski definition) is 0. The van der Waals surface area contributed by atoms with Crippen LogP contribution in [0.1, 0.15) is 36.0 Å². The molecule has 0 bridgehead atoms. The number of piperidine rings is 1. The number of fused-ring (bicyclic) bond motifs is 3. The van der Waals surface area contributed by atoms with E-state index in [9.17, 15) is 4.39 Å². The molecule has 6 rings (SSSR count). The first-order valence-corrected chi connectivity index (χ1v) is 12.0. The molecule has 0 aliphatic carbocycles. The highest BCUT2D eigenvalue weighted by Crippen LogP contribution is 2.44. The Kier molecular flexibility index (Phi) is 6.48. The molecular weight excluding hydrogens is 447 g/mol. The number of halogens is 2. The fraction of sp³-hybridized carbons (Fsp3) is 0.310. The zero-order valence-electron chi connectivity index (χ0n) is 19.3. The number of aryl methyl sites for hydroxylation is 1. The van der Waals surface area contributed by atoms with Crippen molar-refractivity contribution in [1.82, 2.24) is 9.47 Å². The van der Waals surface area contributed by atoms with Crippen molar-refractivity contribution < 1.29 is 9.13 Å². The summed E-state index contributed by atoms with van der Waals surface area (Å²) >= 11 is 0. The second kappa shape index (κ2) is 9.53. The number of ether oxygens (including phenoxy) is 1. The average molecular weight is 477 g/mol. The van der Waals surface area contributed by atoms with Gasteiger partial charge in [0, 0.05) is 30.4 Å². The van der Waals surface area contributed by atoms with Gasteiger partial charge < -0.3 is 14.2 Å². The smallest absolute Gasteiger partial charge is 0.123 e. The minimum atomic E-state index is -0.203. The number of para-hydroxylation sites is 1. The van der Waals surface area contributed by atoms with E-state index in [0.717, 1.165) is 57.6 Å². The number of benzene rings is 3. The molecule has 1 saturated heterocycles. The number of rotatable bonds is 5. The lowest BCUT2D eigenvalue weighted by Gasteiger charge is -2.39. The number of nitrogens with zero attached hydrogens (tertiary/aromatic N) is 2. The molecule has 4 aromatic rings. The molecule has 2 aliphatic heterocycles. The standard InChI is InChI=1S/C29H29FN2O.ClH/c30-24-11-13-25(14-12-24)32-20-22(26-8-2-4-10-28(26)32)7-5-17-31-18-15-29(16-19-31)27-9-3-1-6-23(27)21-33-29;/h1-4,6,8-14,20H,5,7,15-19,21H2;1H. The second-order valence-electron chi connectivity index (χ2n) is 9.40. The highest BCUT2D eigenvalue weighted by molar-refractivity contribution is 5.86. The normalized spacial score (nSPS) is 17.1. The molecule has 1 spiro atoms. The molecule has 2 aliphatic rings. The molecule has 0 amide bonds. The molecule has 0 saturated carbocycles. The van der Waals surface area contributed by atoms with Crippen LogP contribution < -0.4 is 0 Å². The minimum absolute atomic E-state index is 0. The summed E-state index contributed by atoms with van der Waals surface area (Å²) in [6.45, 7) is 4.04. The zero-order valence-corrected chi connectivity index (χ0v) is 20.1. The van der Waals surface area contributed by atoms with Gasteiger partial charge >= 0.3 is 0 Å². The van der Waals surface area contributed by atoms with Crippen molar-refractivity contribution in [2.45, 2.75) is 37.9 Å². The molecule has 3 nitrogen and oxygen atoms in total. The van der Waals surface area contributed by atoms with Crippen LogP contribution >= 0.6 is 12.4 Å². The molecule has 34 heavy (non-hydrogen) atoms. The largest absolute Gasteiger partial charge is 0.365 e. The van der Waals surface area contributed by atoms with Crippen LogP contribution in [0.3, 0.4) is 0 Å². The van der Waals surface area contributed by atoms with Crippen molar-refractivity contribution in [3.05, 3.63) is 102 Å². The van der Waals surface area contributed by atoms with Gasteiger partial charge in [0.05, 0.1) is 17.7 Å². The fourth-order valence-corrected chi connectivity index (χ4v) is 5.69. The Morgan fingerprint density at radius 2 is 1.62 bits per heavy atom. The maximum absolute atomic E-state index is 13.4. The molecule has 0 N–H and O–H groups in total. The van der Waals surface area contributed by atoms with Gasteiger partial charge in [0.25, 0.3) is 0 Å². The molecule has 3 aromatic carbocycles. The SMILES string of the molecule is Cl.Fc1ccc(-n2cc(CCCN3CCC4(CC3)OCc3ccccc34)c3ccccc32)cc1. The summed E-state index contributed by atoms with van der Waals surface area (Å²) in [7, 11) is 0. The Morgan fingerprint density at radius 3 is 2.44 bits per heavy atom. The molecule has 5 heteroatoms. The van der Waals surface area contributed by atoms with E-state index in [1.807, 2.05) is 12.1 Å². The van der Waals surface area contributed by atoms with Gasteiger partial charge in [-0.05, 0) is 79.3 Å². The Bertz CT molecular complexity index is 1280. The van der Waals surface area contributed by atoms with Crippen molar-refractivity contribution in [1.29, 1.82) is 0 Å². The Labute approximate surface area is 206 Å². The Morgan fingerprint density at radius 1 is 0.882 bits per heavy atom. The van der Waals surface area contributed by atoms with Crippen molar-refractivity contribution in [3.8, 4) is 5.69 Å². The number of hydrogen-bond acceptors (Lipinski definition) is 2. The van der Waals surface area contributed by atoms with Crippen LogP contribution in [-0.2, 0) is 23.4 Å². The van der Waals surface area contributed by atoms with E-state index in [1.165, 1.54) is 39.7 Å². The lowest BCUT2D eigenvalue weighted by atomic mass is 9.84. The molecule has 3 heterocycles. The first-order chi connectivity index (χ1) is 16.2. The maximum atomic E-state index is 13.4. The molecule has 0 unspecified atom stereocenters. The lowest BCUT2D eigenvalue weighted by Crippen LogP contribution is -2.42. The van der Waals surface area contributed by atoms with E-state index >= 15 is 0 Å². The van der Waals surface area contributed by atoms with Crippen LogP contribution in [0.25, 0.3) is 16.6 Å². The highest BCUT2D eigenvalue weighted by atomic mass is 35.5. The van der Waals surface area contributed by atoms with Gasteiger partial charge in [0.15, 0.2) is 0 Å². The summed E-state index contributed by atoms with van der Waals surface area (Å²) in [4.78, 5) is 2.59. The molecular formula is C29H30ClFN2O. The first kappa shape index (κ1) is 23.1. The lowest BCUT2D eigenvalue weighted by molar-refractivity contribution is -0.0787. The van der Waals surface area contributed by atoms with E-state index in [0.29, 0.717) is 0 Å². The van der Waals surface area contributed by atoms with Gasteiger partial charge in [-0.1, -0.05) is 42.5 Å². The molecule has 0 radical (unpaired) electrons. The summed E-state index contributed by atoms with van der Waals surface area (Å²) in [6, 6.07) is 24.0. The average Bonchev–Trinajstić information content (AvgIpc) is 3.40. The van der Waals surface area contributed by atoms with Gasteiger partial charge in [-0.3, -0.25) is 0 Å². The van der Waals surface area contributed by atoms with Crippen LogP contribution in [0.15, 0.2) is 79.0 Å². The molecule has 0 atom stereocenters. The summed E-state index contributed by atoms with van der Waals surface area (Å²) in [6.07, 6.45) is 6.55. The molecule has 1 aromatic heterocycles. The maximum Gasteiger partial charge on any atom is 0.123 e. The monoisotopic (exact) mass is 476 g/mol. The third kappa shape index (κ3) is 4.15. The summed E-state index contributed by atoms with van der Waals surface area (Å²) in [5.41, 5.74) is 6.25.